The van der Waals surface area contributed by atoms with Crippen molar-refractivity contribution in [1.82, 2.24) is 5.32 Å². The zero-order chi connectivity index (χ0) is 12.8. The lowest BCUT2D eigenvalue weighted by Crippen LogP contribution is -2.29. The molecular weight excluding hydrogens is 310 g/mol. The van der Waals surface area contributed by atoms with Crippen molar-refractivity contribution in [3.63, 3.8) is 0 Å². The molecule has 0 aliphatic carbocycles. The molecule has 2 aromatic rings. The fraction of sp³-hybridized carbons (Fsp3) is 0.286. The quantitative estimate of drug-likeness (QED) is 0.814. The Kier molecular flexibility index (Phi) is 5.35. The number of furan rings is 1. The van der Waals surface area contributed by atoms with Crippen molar-refractivity contribution < 1.29 is 4.42 Å². The lowest BCUT2D eigenvalue weighted by Gasteiger charge is -2.14. The molecule has 1 aromatic carbocycles. The van der Waals surface area contributed by atoms with Crippen LogP contribution in [0.1, 0.15) is 5.56 Å². The summed E-state index contributed by atoms with van der Waals surface area (Å²) in [6.07, 6.45) is 4.54. The molecule has 1 atom stereocenters. The Morgan fingerprint density at radius 1 is 1.28 bits per heavy atom. The summed E-state index contributed by atoms with van der Waals surface area (Å²) in [5.74, 6) is 1.04. The van der Waals surface area contributed by atoms with Gasteiger partial charge in [0.05, 0.1) is 12.5 Å². The van der Waals surface area contributed by atoms with Gasteiger partial charge in [-0.3, -0.25) is 0 Å². The van der Waals surface area contributed by atoms with Crippen LogP contribution in [0.25, 0.3) is 0 Å². The second-order valence-corrected chi connectivity index (χ2v) is 6.10. The normalized spacial score (nSPS) is 12.6. The zero-order valence-corrected chi connectivity index (χ0v) is 12.6. The van der Waals surface area contributed by atoms with Crippen LogP contribution in [0.3, 0.4) is 0 Å². The fourth-order valence-electron chi connectivity index (χ4n) is 1.67. The molecule has 0 aliphatic heterocycles. The maximum absolute atomic E-state index is 5.10. The van der Waals surface area contributed by atoms with Crippen LogP contribution in [-0.4, -0.2) is 18.8 Å². The molecule has 2 nitrogen and oxygen atoms in total. The van der Waals surface area contributed by atoms with E-state index < -0.39 is 0 Å². The van der Waals surface area contributed by atoms with Crippen molar-refractivity contribution >= 4 is 27.7 Å². The summed E-state index contributed by atoms with van der Waals surface area (Å²) >= 11 is 5.32. The first kappa shape index (κ1) is 13.7. The minimum Gasteiger partial charge on any atom is -0.472 e. The van der Waals surface area contributed by atoms with Crippen molar-refractivity contribution in [2.75, 3.05) is 12.8 Å². The second-order valence-electron chi connectivity index (χ2n) is 4.09. The van der Waals surface area contributed by atoms with Gasteiger partial charge in [0, 0.05) is 21.2 Å². The summed E-state index contributed by atoms with van der Waals surface area (Å²) in [5.41, 5.74) is 1.24. The molecule has 1 N–H and O–H groups in total. The molecule has 0 amide bonds. The molecule has 0 spiro atoms. The number of halogens is 1. The molecule has 4 heteroatoms. The predicted octanol–water partition coefficient (Wildman–Crippen LogP) is 3.96. The molecule has 1 heterocycles. The summed E-state index contributed by atoms with van der Waals surface area (Å²) in [5, 5.41) is 3.35. The molecule has 1 unspecified atom stereocenters. The minimum absolute atomic E-state index is 0.455. The van der Waals surface area contributed by atoms with E-state index in [2.05, 4.69) is 45.5 Å². The van der Waals surface area contributed by atoms with Gasteiger partial charge in [-0.05, 0) is 49.4 Å². The maximum Gasteiger partial charge on any atom is 0.0935 e. The second kappa shape index (κ2) is 7.02. The van der Waals surface area contributed by atoms with Crippen molar-refractivity contribution in [2.45, 2.75) is 17.4 Å². The Labute approximate surface area is 120 Å². The largest absolute Gasteiger partial charge is 0.472 e. The third kappa shape index (κ3) is 4.19. The Hall–Kier alpha value is -0.710. The third-order valence-electron chi connectivity index (χ3n) is 2.74. The smallest absolute Gasteiger partial charge is 0.0935 e. The Morgan fingerprint density at radius 3 is 2.67 bits per heavy atom. The minimum atomic E-state index is 0.455. The number of nitrogens with one attached hydrogen (secondary N) is 1. The molecule has 0 aliphatic rings. The average molecular weight is 326 g/mol. The molecule has 0 fully saturated rings. The summed E-state index contributed by atoms with van der Waals surface area (Å²) in [6, 6.07) is 10.9. The van der Waals surface area contributed by atoms with Gasteiger partial charge >= 0.3 is 0 Å². The van der Waals surface area contributed by atoms with E-state index in [9.17, 15) is 0 Å². The standard InChI is InChI=1S/C14H16BrNOS/c1-16-13(8-11-6-7-17-9-11)10-18-14-4-2-12(15)3-5-14/h2-7,9,13,16H,8,10H2,1H3. The Morgan fingerprint density at radius 2 is 2.06 bits per heavy atom. The lowest BCUT2D eigenvalue weighted by atomic mass is 10.1. The lowest BCUT2D eigenvalue weighted by molar-refractivity contribution is 0.556. The van der Waals surface area contributed by atoms with E-state index in [1.54, 1.807) is 6.26 Å². The van der Waals surface area contributed by atoms with E-state index in [1.807, 2.05) is 31.1 Å². The van der Waals surface area contributed by atoms with E-state index in [0.717, 1.165) is 16.6 Å². The zero-order valence-electron chi connectivity index (χ0n) is 10.2. The SMILES string of the molecule is CNC(CSc1ccc(Br)cc1)Cc1ccoc1. The van der Waals surface area contributed by atoms with Gasteiger partial charge in [0.1, 0.15) is 0 Å². The number of hydrogen-bond donors (Lipinski definition) is 1. The van der Waals surface area contributed by atoms with Gasteiger partial charge in [-0.2, -0.15) is 0 Å². The van der Waals surface area contributed by atoms with E-state index in [1.165, 1.54) is 10.5 Å². The highest BCUT2D eigenvalue weighted by Gasteiger charge is 2.08. The van der Waals surface area contributed by atoms with Crippen molar-refractivity contribution in [2.24, 2.45) is 0 Å². The van der Waals surface area contributed by atoms with Crippen LogP contribution >= 0.6 is 27.7 Å². The van der Waals surface area contributed by atoms with Crippen LogP contribution < -0.4 is 5.32 Å². The molecule has 1 aromatic heterocycles. The first-order valence-electron chi connectivity index (χ1n) is 5.84. The topological polar surface area (TPSA) is 25.2 Å². The van der Waals surface area contributed by atoms with Crippen molar-refractivity contribution in [3.8, 4) is 0 Å². The van der Waals surface area contributed by atoms with E-state index in [0.29, 0.717) is 6.04 Å². The van der Waals surface area contributed by atoms with E-state index >= 15 is 0 Å². The van der Waals surface area contributed by atoms with E-state index in [4.69, 9.17) is 4.42 Å². The first-order valence-corrected chi connectivity index (χ1v) is 7.62. The third-order valence-corrected chi connectivity index (χ3v) is 4.44. The molecule has 0 saturated carbocycles. The number of benzene rings is 1. The number of likely N-dealkylation sites (N-methyl/N-ethyl adjacent to an activating group) is 1. The van der Waals surface area contributed by atoms with Crippen LogP contribution in [-0.2, 0) is 6.42 Å². The summed E-state index contributed by atoms with van der Waals surface area (Å²) in [6.45, 7) is 0. The summed E-state index contributed by atoms with van der Waals surface area (Å²) in [4.78, 5) is 1.30. The molecule has 0 bridgehead atoms. The van der Waals surface area contributed by atoms with Crippen LogP contribution in [0.2, 0.25) is 0 Å². The van der Waals surface area contributed by atoms with E-state index in [-0.39, 0.29) is 0 Å². The number of hydrogen-bond acceptors (Lipinski definition) is 3. The van der Waals surface area contributed by atoms with Gasteiger partial charge in [-0.25, -0.2) is 0 Å². The van der Waals surface area contributed by atoms with Crippen LogP contribution in [0.15, 0.2) is 56.6 Å². The van der Waals surface area contributed by atoms with Crippen molar-refractivity contribution in [3.05, 3.63) is 52.9 Å². The highest BCUT2D eigenvalue weighted by Crippen LogP contribution is 2.22. The van der Waals surface area contributed by atoms with Gasteiger partial charge < -0.3 is 9.73 Å². The first-order chi connectivity index (χ1) is 8.78. The van der Waals surface area contributed by atoms with Gasteiger partial charge in [0.2, 0.25) is 0 Å². The summed E-state index contributed by atoms with van der Waals surface area (Å²) < 4.78 is 6.22. The van der Waals surface area contributed by atoms with Crippen LogP contribution in [0.4, 0.5) is 0 Å². The van der Waals surface area contributed by atoms with Gasteiger partial charge in [0.25, 0.3) is 0 Å². The van der Waals surface area contributed by atoms with Gasteiger partial charge in [-0.15, -0.1) is 11.8 Å². The predicted molar refractivity (Wildman–Crippen MR) is 80.1 cm³/mol. The molecule has 2 rings (SSSR count). The fourth-order valence-corrected chi connectivity index (χ4v) is 2.94. The average Bonchev–Trinajstić information content (AvgIpc) is 2.89. The molecule has 0 radical (unpaired) electrons. The van der Waals surface area contributed by atoms with Crippen molar-refractivity contribution in [1.29, 1.82) is 0 Å². The number of rotatable bonds is 6. The highest BCUT2D eigenvalue weighted by atomic mass is 79.9. The highest BCUT2D eigenvalue weighted by molar-refractivity contribution is 9.10. The van der Waals surface area contributed by atoms with Gasteiger partial charge in [-0.1, -0.05) is 15.9 Å². The van der Waals surface area contributed by atoms with Crippen LogP contribution in [0, 0.1) is 0 Å². The summed E-state index contributed by atoms with van der Waals surface area (Å²) in [7, 11) is 2.01. The van der Waals surface area contributed by atoms with Crippen LogP contribution in [0.5, 0.6) is 0 Å². The molecule has 0 saturated heterocycles. The Bertz CT molecular complexity index is 455. The maximum atomic E-state index is 5.10. The molecular formula is C14H16BrNOS. The number of thioether (sulfide) groups is 1. The molecule has 18 heavy (non-hydrogen) atoms. The Balaban J connectivity index is 1.85. The van der Waals surface area contributed by atoms with Gasteiger partial charge in [0.15, 0.2) is 0 Å². The molecule has 96 valence electrons. The monoisotopic (exact) mass is 325 g/mol.